The summed E-state index contributed by atoms with van der Waals surface area (Å²) in [6.07, 6.45) is -0.498. The molecule has 0 radical (unpaired) electrons. The van der Waals surface area contributed by atoms with Crippen LogP contribution >= 0.6 is 0 Å². The first-order valence-corrected chi connectivity index (χ1v) is 3.74. The zero-order valence-electron chi connectivity index (χ0n) is 6.07. The minimum Gasteiger partial charge on any atom is -0.388 e. The highest BCUT2D eigenvalue weighted by atomic mass is 16.3. The van der Waals surface area contributed by atoms with Crippen LogP contribution in [0.1, 0.15) is 29.8 Å². The SMILES string of the molecule is OC1CC(O)c2ccccc21. The molecule has 2 rings (SSSR count). The molecule has 0 saturated heterocycles. The normalized spacial score (nSPS) is 28.5. The van der Waals surface area contributed by atoms with E-state index in [0.29, 0.717) is 6.42 Å². The molecule has 58 valence electrons. The summed E-state index contributed by atoms with van der Waals surface area (Å²) < 4.78 is 0. The molecular weight excluding hydrogens is 140 g/mol. The first-order valence-electron chi connectivity index (χ1n) is 3.74. The van der Waals surface area contributed by atoms with E-state index in [4.69, 9.17) is 0 Å². The number of benzene rings is 1. The molecule has 11 heavy (non-hydrogen) atoms. The minimum atomic E-state index is -0.471. The summed E-state index contributed by atoms with van der Waals surface area (Å²) in [5, 5.41) is 18.8. The van der Waals surface area contributed by atoms with Crippen molar-refractivity contribution in [2.75, 3.05) is 0 Å². The van der Waals surface area contributed by atoms with Crippen LogP contribution in [-0.4, -0.2) is 10.2 Å². The lowest BCUT2D eigenvalue weighted by Crippen LogP contribution is -1.89. The van der Waals surface area contributed by atoms with Gasteiger partial charge < -0.3 is 10.2 Å². The molecule has 1 aliphatic carbocycles. The smallest absolute Gasteiger partial charge is 0.0821 e. The molecule has 0 spiro atoms. The fourth-order valence-electron chi connectivity index (χ4n) is 1.58. The Balaban J connectivity index is 2.52. The number of rotatable bonds is 0. The Labute approximate surface area is 65.1 Å². The van der Waals surface area contributed by atoms with Gasteiger partial charge in [-0.15, -0.1) is 0 Å². The molecule has 0 fully saturated rings. The second kappa shape index (κ2) is 2.32. The number of hydrogen-bond donors (Lipinski definition) is 2. The van der Waals surface area contributed by atoms with Crippen LogP contribution < -0.4 is 0 Å². The van der Waals surface area contributed by atoms with Gasteiger partial charge in [-0.05, 0) is 11.1 Å². The first-order chi connectivity index (χ1) is 5.29. The van der Waals surface area contributed by atoms with Crippen molar-refractivity contribution < 1.29 is 10.2 Å². The van der Waals surface area contributed by atoms with Crippen molar-refractivity contribution in [3.8, 4) is 0 Å². The van der Waals surface area contributed by atoms with Crippen molar-refractivity contribution in [2.24, 2.45) is 0 Å². The highest BCUT2D eigenvalue weighted by Gasteiger charge is 2.26. The molecule has 2 atom stereocenters. The molecule has 0 saturated carbocycles. The maximum Gasteiger partial charge on any atom is 0.0821 e. The van der Waals surface area contributed by atoms with E-state index in [-0.39, 0.29) is 0 Å². The van der Waals surface area contributed by atoms with E-state index in [1.165, 1.54) is 0 Å². The summed E-state index contributed by atoms with van der Waals surface area (Å²) in [6, 6.07) is 7.46. The van der Waals surface area contributed by atoms with Crippen molar-refractivity contribution in [1.29, 1.82) is 0 Å². The summed E-state index contributed by atoms with van der Waals surface area (Å²) in [5.74, 6) is 0. The number of hydrogen-bond acceptors (Lipinski definition) is 2. The summed E-state index contributed by atoms with van der Waals surface area (Å²) in [5.41, 5.74) is 1.75. The Morgan fingerprint density at radius 1 is 1.00 bits per heavy atom. The molecule has 1 aromatic carbocycles. The van der Waals surface area contributed by atoms with Gasteiger partial charge in [-0.25, -0.2) is 0 Å². The minimum absolute atomic E-state index is 0.444. The number of aliphatic hydroxyl groups excluding tert-OH is 2. The van der Waals surface area contributed by atoms with Crippen LogP contribution in [0.4, 0.5) is 0 Å². The Morgan fingerprint density at radius 3 is 1.91 bits per heavy atom. The Kier molecular flexibility index (Phi) is 1.44. The van der Waals surface area contributed by atoms with Gasteiger partial charge in [0.15, 0.2) is 0 Å². The van der Waals surface area contributed by atoms with Crippen molar-refractivity contribution >= 4 is 0 Å². The molecular formula is C9H10O2. The third kappa shape index (κ3) is 0.951. The van der Waals surface area contributed by atoms with Gasteiger partial charge >= 0.3 is 0 Å². The van der Waals surface area contributed by atoms with Crippen LogP contribution in [0.3, 0.4) is 0 Å². The van der Waals surface area contributed by atoms with E-state index in [2.05, 4.69) is 0 Å². The van der Waals surface area contributed by atoms with Gasteiger partial charge in [0.2, 0.25) is 0 Å². The monoisotopic (exact) mass is 150 g/mol. The average molecular weight is 150 g/mol. The third-order valence-corrected chi connectivity index (χ3v) is 2.16. The van der Waals surface area contributed by atoms with E-state index < -0.39 is 12.2 Å². The van der Waals surface area contributed by atoms with E-state index in [0.717, 1.165) is 11.1 Å². The fraction of sp³-hybridized carbons (Fsp3) is 0.333. The summed E-state index contributed by atoms with van der Waals surface area (Å²) in [7, 11) is 0. The topological polar surface area (TPSA) is 40.5 Å². The van der Waals surface area contributed by atoms with Gasteiger partial charge in [-0.3, -0.25) is 0 Å². The molecule has 0 aliphatic heterocycles. The molecule has 1 aliphatic rings. The molecule has 1 aromatic rings. The Morgan fingerprint density at radius 2 is 1.45 bits per heavy atom. The van der Waals surface area contributed by atoms with Crippen molar-refractivity contribution in [3.05, 3.63) is 35.4 Å². The quantitative estimate of drug-likeness (QED) is 0.582. The molecule has 0 heterocycles. The van der Waals surface area contributed by atoms with E-state index >= 15 is 0 Å². The van der Waals surface area contributed by atoms with Crippen molar-refractivity contribution in [3.63, 3.8) is 0 Å². The van der Waals surface area contributed by atoms with Crippen molar-refractivity contribution in [1.82, 2.24) is 0 Å². The van der Waals surface area contributed by atoms with E-state index in [1.807, 2.05) is 24.3 Å². The van der Waals surface area contributed by atoms with Gasteiger partial charge in [0.25, 0.3) is 0 Å². The van der Waals surface area contributed by atoms with Gasteiger partial charge in [0.05, 0.1) is 12.2 Å². The highest BCUT2D eigenvalue weighted by Crippen LogP contribution is 2.37. The largest absolute Gasteiger partial charge is 0.388 e. The van der Waals surface area contributed by atoms with Crippen molar-refractivity contribution in [2.45, 2.75) is 18.6 Å². The molecule has 2 nitrogen and oxygen atoms in total. The van der Waals surface area contributed by atoms with Crippen LogP contribution in [0, 0.1) is 0 Å². The van der Waals surface area contributed by atoms with Crippen LogP contribution in [-0.2, 0) is 0 Å². The number of fused-ring (bicyclic) bond motifs is 1. The highest BCUT2D eigenvalue weighted by molar-refractivity contribution is 5.35. The predicted octanol–water partition coefficient (Wildman–Crippen LogP) is 1.16. The molecule has 0 aromatic heterocycles. The standard InChI is InChI=1S/C9H10O2/c10-8-5-9(11)7-4-2-1-3-6(7)8/h1-4,8-11H,5H2. The molecule has 2 unspecified atom stereocenters. The lowest BCUT2D eigenvalue weighted by Gasteiger charge is -2.00. The van der Waals surface area contributed by atoms with Gasteiger partial charge in [-0.2, -0.15) is 0 Å². The zero-order chi connectivity index (χ0) is 7.84. The van der Waals surface area contributed by atoms with Crippen LogP contribution in [0.2, 0.25) is 0 Å². The lowest BCUT2D eigenvalue weighted by molar-refractivity contribution is 0.107. The van der Waals surface area contributed by atoms with E-state index in [1.54, 1.807) is 0 Å². The average Bonchev–Trinajstić information content (AvgIpc) is 2.30. The third-order valence-electron chi connectivity index (χ3n) is 2.16. The molecule has 2 N–H and O–H groups in total. The second-order valence-corrected chi connectivity index (χ2v) is 2.90. The molecule has 0 amide bonds. The maximum absolute atomic E-state index is 9.39. The molecule has 0 bridgehead atoms. The summed E-state index contributed by atoms with van der Waals surface area (Å²) >= 11 is 0. The number of aliphatic hydroxyl groups is 2. The van der Waals surface area contributed by atoms with Crippen LogP contribution in [0.25, 0.3) is 0 Å². The van der Waals surface area contributed by atoms with Gasteiger partial charge in [-0.1, -0.05) is 24.3 Å². The van der Waals surface area contributed by atoms with Crippen LogP contribution in [0.5, 0.6) is 0 Å². The Hall–Kier alpha value is -0.860. The molecule has 2 heteroatoms. The van der Waals surface area contributed by atoms with E-state index in [9.17, 15) is 10.2 Å². The lowest BCUT2D eigenvalue weighted by atomic mass is 10.1. The first kappa shape index (κ1) is 6.83. The fourth-order valence-corrected chi connectivity index (χ4v) is 1.58. The van der Waals surface area contributed by atoms with Gasteiger partial charge in [0, 0.05) is 6.42 Å². The Bertz CT molecular complexity index is 243. The van der Waals surface area contributed by atoms with Crippen LogP contribution in [0.15, 0.2) is 24.3 Å². The maximum atomic E-state index is 9.39. The second-order valence-electron chi connectivity index (χ2n) is 2.90. The summed E-state index contributed by atoms with van der Waals surface area (Å²) in [6.45, 7) is 0. The zero-order valence-corrected chi connectivity index (χ0v) is 6.07. The summed E-state index contributed by atoms with van der Waals surface area (Å²) in [4.78, 5) is 0. The predicted molar refractivity (Wildman–Crippen MR) is 41.0 cm³/mol. The van der Waals surface area contributed by atoms with Gasteiger partial charge in [0.1, 0.15) is 0 Å².